The third kappa shape index (κ3) is 3.71. The fourth-order valence-electron chi connectivity index (χ4n) is 3.78. The van der Waals surface area contributed by atoms with E-state index in [2.05, 4.69) is 16.4 Å². The van der Waals surface area contributed by atoms with E-state index in [0.29, 0.717) is 10.6 Å². The molecule has 11 nitrogen and oxygen atoms in total. The molecule has 0 bridgehead atoms. The largest absolute Gasteiger partial charge is 0.454 e. The van der Waals surface area contributed by atoms with Crippen molar-refractivity contribution in [3.8, 4) is 6.07 Å². The molecule has 0 aliphatic heterocycles. The SMILES string of the molecule is Cn1c(=O)c2c(ncn2CC(=O)OCC(=O)Nc2sc3c(c2C#N)CCCC3)n(C)c1=O. The zero-order valence-corrected chi connectivity index (χ0v) is 18.3. The number of hydrogen-bond acceptors (Lipinski definition) is 8. The number of aromatic nitrogens is 4. The molecule has 0 aromatic carbocycles. The molecule has 0 saturated heterocycles. The molecular formula is C20H20N6O5S. The lowest BCUT2D eigenvalue weighted by atomic mass is 9.96. The van der Waals surface area contributed by atoms with Crippen molar-refractivity contribution < 1.29 is 14.3 Å². The molecule has 32 heavy (non-hydrogen) atoms. The molecule has 1 aliphatic rings. The molecule has 0 saturated carbocycles. The zero-order chi connectivity index (χ0) is 23.0. The smallest absolute Gasteiger partial charge is 0.332 e. The summed E-state index contributed by atoms with van der Waals surface area (Å²) in [6.45, 7) is -0.886. The van der Waals surface area contributed by atoms with Gasteiger partial charge in [0.1, 0.15) is 17.6 Å². The maximum Gasteiger partial charge on any atom is 0.332 e. The number of nitrogens with one attached hydrogen (secondary N) is 1. The number of imidazole rings is 1. The summed E-state index contributed by atoms with van der Waals surface area (Å²) in [5.41, 5.74) is 0.596. The number of amides is 1. The summed E-state index contributed by atoms with van der Waals surface area (Å²) in [4.78, 5) is 54.1. The predicted molar refractivity (Wildman–Crippen MR) is 115 cm³/mol. The highest BCUT2D eigenvalue weighted by molar-refractivity contribution is 7.16. The minimum atomic E-state index is -0.749. The Labute approximate surface area is 185 Å². The number of fused-ring (bicyclic) bond motifs is 2. The van der Waals surface area contributed by atoms with Gasteiger partial charge < -0.3 is 14.6 Å². The third-order valence-corrected chi connectivity index (χ3v) is 6.62. The van der Waals surface area contributed by atoms with E-state index in [-0.39, 0.29) is 17.7 Å². The van der Waals surface area contributed by atoms with Crippen molar-refractivity contribution in [1.82, 2.24) is 18.7 Å². The van der Waals surface area contributed by atoms with Gasteiger partial charge in [0.05, 0.1) is 11.9 Å². The number of aryl methyl sites for hydroxylation is 2. The molecule has 1 N–H and O–H groups in total. The Morgan fingerprint density at radius 1 is 1.25 bits per heavy atom. The number of anilines is 1. The quantitative estimate of drug-likeness (QED) is 0.549. The average molecular weight is 456 g/mol. The first-order valence-electron chi connectivity index (χ1n) is 9.92. The van der Waals surface area contributed by atoms with Gasteiger partial charge in [-0.15, -0.1) is 11.3 Å². The Balaban J connectivity index is 1.43. The number of carbonyl (C=O) groups excluding carboxylic acids is 2. The summed E-state index contributed by atoms with van der Waals surface area (Å²) in [6.07, 6.45) is 5.06. The van der Waals surface area contributed by atoms with Gasteiger partial charge in [0.25, 0.3) is 11.5 Å². The van der Waals surface area contributed by atoms with Gasteiger partial charge in [0.15, 0.2) is 17.8 Å². The van der Waals surface area contributed by atoms with Gasteiger partial charge in [0.2, 0.25) is 0 Å². The molecule has 12 heteroatoms. The first-order valence-corrected chi connectivity index (χ1v) is 10.7. The number of esters is 1. The molecule has 0 fully saturated rings. The average Bonchev–Trinajstić information content (AvgIpc) is 3.35. The fourth-order valence-corrected chi connectivity index (χ4v) is 5.04. The lowest BCUT2D eigenvalue weighted by Gasteiger charge is -2.09. The molecule has 1 amide bonds. The predicted octanol–water partition coefficient (Wildman–Crippen LogP) is 0.428. The van der Waals surface area contributed by atoms with Crippen LogP contribution in [0.1, 0.15) is 28.8 Å². The highest BCUT2D eigenvalue weighted by Gasteiger charge is 2.22. The van der Waals surface area contributed by atoms with Crippen molar-refractivity contribution in [3.63, 3.8) is 0 Å². The molecule has 0 atom stereocenters. The second-order valence-electron chi connectivity index (χ2n) is 7.49. The highest BCUT2D eigenvalue weighted by atomic mass is 32.1. The molecule has 0 radical (unpaired) electrons. The van der Waals surface area contributed by atoms with Crippen LogP contribution in [0.4, 0.5) is 5.00 Å². The standard InChI is InChI=1S/C20H20N6O5S/c1-24-17-16(19(29)25(2)20(24)30)26(10-22-17)8-15(28)31-9-14(27)23-18-12(7-21)11-5-3-4-6-13(11)32-18/h10H,3-6,8-9H2,1-2H3,(H,23,27). The van der Waals surface area contributed by atoms with Crippen LogP contribution in [0, 0.1) is 11.3 Å². The van der Waals surface area contributed by atoms with Gasteiger partial charge in [-0.2, -0.15) is 5.26 Å². The van der Waals surface area contributed by atoms with Crippen LogP contribution in [0.25, 0.3) is 11.2 Å². The molecule has 0 unspecified atom stereocenters. The molecule has 4 rings (SSSR count). The van der Waals surface area contributed by atoms with E-state index in [0.717, 1.165) is 40.7 Å². The Hall–Kier alpha value is -3.72. The van der Waals surface area contributed by atoms with E-state index in [1.807, 2.05) is 0 Å². The van der Waals surface area contributed by atoms with Crippen LogP contribution in [-0.2, 0) is 47.8 Å². The summed E-state index contributed by atoms with van der Waals surface area (Å²) in [7, 11) is 2.81. The van der Waals surface area contributed by atoms with Crippen molar-refractivity contribution in [3.05, 3.63) is 43.2 Å². The first kappa shape index (κ1) is 21.5. The number of nitrogens with zero attached hydrogens (tertiary/aromatic N) is 5. The number of carbonyl (C=O) groups is 2. The Morgan fingerprint density at radius 2 is 2.00 bits per heavy atom. The maximum atomic E-state index is 12.4. The normalized spacial score (nSPS) is 12.9. The molecule has 3 aromatic heterocycles. The molecular weight excluding hydrogens is 436 g/mol. The summed E-state index contributed by atoms with van der Waals surface area (Å²) in [5, 5.41) is 12.6. The topological polar surface area (TPSA) is 141 Å². The van der Waals surface area contributed by atoms with E-state index in [1.54, 1.807) is 0 Å². The Bertz CT molecular complexity index is 1400. The molecule has 1 aliphatic carbocycles. The van der Waals surface area contributed by atoms with Crippen molar-refractivity contribution >= 4 is 39.4 Å². The Kier molecular flexibility index (Phi) is 5.67. The van der Waals surface area contributed by atoms with E-state index < -0.39 is 29.7 Å². The van der Waals surface area contributed by atoms with E-state index in [9.17, 15) is 24.4 Å². The fraction of sp³-hybridized carbons (Fsp3) is 0.400. The lowest BCUT2D eigenvalue weighted by molar-refractivity contribution is -0.147. The van der Waals surface area contributed by atoms with Crippen LogP contribution in [-0.4, -0.2) is 37.2 Å². The van der Waals surface area contributed by atoms with Crippen LogP contribution in [0.5, 0.6) is 0 Å². The van der Waals surface area contributed by atoms with Gasteiger partial charge in [-0.3, -0.25) is 23.5 Å². The molecule has 0 spiro atoms. The van der Waals surface area contributed by atoms with Gasteiger partial charge >= 0.3 is 11.7 Å². The summed E-state index contributed by atoms with van der Waals surface area (Å²) in [6, 6.07) is 2.16. The highest BCUT2D eigenvalue weighted by Crippen LogP contribution is 2.37. The first-order chi connectivity index (χ1) is 15.3. The van der Waals surface area contributed by atoms with Crippen molar-refractivity contribution in [2.24, 2.45) is 14.1 Å². The minimum absolute atomic E-state index is 0.0822. The summed E-state index contributed by atoms with van der Waals surface area (Å²) in [5.74, 6) is -1.30. The molecule has 3 aromatic rings. The third-order valence-electron chi connectivity index (χ3n) is 5.42. The van der Waals surface area contributed by atoms with E-state index in [4.69, 9.17) is 4.74 Å². The van der Waals surface area contributed by atoms with Crippen molar-refractivity contribution in [2.75, 3.05) is 11.9 Å². The maximum absolute atomic E-state index is 12.4. The van der Waals surface area contributed by atoms with Crippen LogP contribution in [0.15, 0.2) is 15.9 Å². The van der Waals surface area contributed by atoms with Crippen LogP contribution in [0.2, 0.25) is 0 Å². The van der Waals surface area contributed by atoms with Crippen LogP contribution in [0.3, 0.4) is 0 Å². The summed E-state index contributed by atoms with van der Waals surface area (Å²) >= 11 is 1.39. The number of hydrogen-bond donors (Lipinski definition) is 1. The van der Waals surface area contributed by atoms with Crippen molar-refractivity contribution in [1.29, 1.82) is 5.26 Å². The number of thiophene rings is 1. The lowest BCUT2D eigenvalue weighted by Crippen LogP contribution is -2.37. The number of nitriles is 1. The van der Waals surface area contributed by atoms with Gasteiger partial charge in [-0.1, -0.05) is 0 Å². The molecule has 3 heterocycles. The zero-order valence-electron chi connectivity index (χ0n) is 17.5. The number of ether oxygens (including phenoxy) is 1. The Morgan fingerprint density at radius 3 is 2.75 bits per heavy atom. The van der Waals surface area contributed by atoms with Crippen LogP contribution < -0.4 is 16.6 Å². The van der Waals surface area contributed by atoms with Crippen molar-refractivity contribution in [2.45, 2.75) is 32.2 Å². The van der Waals surface area contributed by atoms with Gasteiger partial charge in [0, 0.05) is 19.0 Å². The van der Waals surface area contributed by atoms with E-state index in [1.165, 1.54) is 40.9 Å². The number of rotatable bonds is 5. The van der Waals surface area contributed by atoms with Gasteiger partial charge in [-0.05, 0) is 31.2 Å². The second-order valence-corrected chi connectivity index (χ2v) is 8.59. The monoisotopic (exact) mass is 456 g/mol. The van der Waals surface area contributed by atoms with Gasteiger partial charge in [-0.25, -0.2) is 9.78 Å². The van der Waals surface area contributed by atoms with Crippen LogP contribution >= 0.6 is 11.3 Å². The summed E-state index contributed by atoms with van der Waals surface area (Å²) < 4.78 is 8.45. The second kappa shape index (κ2) is 8.43. The van der Waals surface area contributed by atoms with E-state index >= 15 is 0 Å². The minimum Gasteiger partial charge on any atom is -0.454 e. The molecule has 166 valence electrons.